The highest BCUT2D eigenvalue weighted by molar-refractivity contribution is 6.10. The fourth-order valence-corrected chi connectivity index (χ4v) is 7.29. The van der Waals surface area contributed by atoms with Crippen LogP contribution < -0.4 is 4.90 Å². The average molecular weight is 655 g/mol. The molecule has 0 aliphatic heterocycles. The fraction of sp³-hybridized carbons (Fsp3) is 0. The molecule has 3 heterocycles. The highest BCUT2D eigenvalue weighted by Crippen LogP contribution is 2.41. The molecule has 0 aliphatic rings. The van der Waals surface area contributed by atoms with Gasteiger partial charge >= 0.3 is 0 Å². The lowest BCUT2D eigenvalue weighted by molar-refractivity contribution is 0.620. The third kappa shape index (κ3) is 4.94. The third-order valence-corrected chi connectivity index (χ3v) is 9.60. The van der Waals surface area contributed by atoms with E-state index in [2.05, 4.69) is 160 Å². The minimum Gasteiger partial charge on any atom is -0.436 e. The van der Waals surface area contributed by atoms with Crippen LogP contribution in [0.2, 0.25) is 0 Å². The van der Waals surface area contributed by atoms with Crippen LogP contribution in [0.5, 0.6) is 0 Å². The topological polar surface area (TPSA) is 47.1 Å². The molecule has 0 unspecified atom stereocenters. The first-order valence-corrected chi connectivity index (χ1v) is 17.1. The number of nitrogens with zero attached hydrogens (tertiary/aromatic N) is 4. The van der Waals surface area contributed by atoms with Crippen molar-refractivity contribution in [2.45, 2.75) is 0 Å². The molecule has 5 heteroatoms. The van der Waals surface area contributed by atoms with Crippen molar-refractivity contribution in [1.82, 2.24) is 14.5 Å². The van der Waals surface area contributed by atoms with Crippen molar-refractivity contribution in [3.63, 3.8) is 0 Å². The van der Waals surface area contributed by atoms with E-state index in [4.69, 9.17) is 9.40 Å². The molecule has 7 aromatic carbocycles. The van der Waals surface area contributed by atoms with Crippen molar-refractivity contribution in [2.24, 2.45) is 0 Å². The molecule has 10 aromatic rings. The van der Waals surface area contributed by atoms with Crippen molar-refractivity contribution in [3.05, 3.63) is 182 Å². The maximum Gasteiger partial charge on any atom is 0.227 e. The lowest BCUT2D eigenvalue weighted by Gasteiger charge is -2.26. The number of fused-ring (bicyclic) bond motifs is 6. The summed E-state index contributed by atoms with van der Waals surface area (Å²) in [6.45, 7) is 0. The number of pyridine rings is 1. The number of benzene rings is 7. The monoisotopic (exact) mass is 654 g/mol. The number of hydrogen-bond acceptors (Lipinski definition) is 4. The zero-order chi connectivity index (χ0) is 33.7. The minimum absolute atomic E-state index is 0.550. The smallest absolute Gasteiger partial charge is 0.227 e. The minimum atomic E-state index is 0.550. The highest BCUT2D eigenvalue weighted by Gasteiger charge is 2.20. The third-order valence-electron chi connectivity index (χ3n) is 9.60. The van der Waals surface area contributed by atoms with E-state index in [1.165, 1.54) is 16.3 Å². The van der Waals surface area contributed by atoms with Gasteiger partial charge in [0.15, 0.2) is 5.58 Å². The highest BCUT2D eigenvalue weighted by atomic mass is 16.3. The van der Waals surface area contributed by atoms with Gasteiger partial charge in [0.1, 0.15) is 5.52 Å². The van der Waals surface area contributed by atoms with Gasteiger partial charge in [0.2, 0.25) is 5.89 Å². The Morgan fingerprint density at radius 3 is 1.94 bits per heavy atom. The molecular formula is C46H30N4O. The molecule has 5 nitrogen and oxygen atoms in total. The molecule has 0 spiro atoms. The van der Waals surface area contributed by atoms with Crippen molar-refractivity contribution in [1.29, 1.82) is 0 Å². The maximum absolute atomic E-state index is 6.51. The maximum atomic E-state index is 6.51. The van der Waals surface area contributed by atoms with Crippen molar-refractivity contribution < 1.29 is 4.42 Å². The van der Waals surface area contributed by atoms with Gasteiger partial charge in [0.05, 0.1) is 16.6 Å². The van der Waals surface area contributed by atoms with E-state index in [0.717, 1.165) is 61.4 Å². The fourth-order valence-electron chi connectivity index (χ4n) is 7.29. The van der Waals surface area contributed by atoms with Crippen LogP contribution in [-0.4, -0.2) is 14.5 Å². The number of aromatic nitrogens is 3. The van der Waals surface area contributed by atoms with Crippen LogP contribution in [0, 0.1) is 0 Å². The van der Waals surface area contributed by atoms with Crippen molar-refractivity contribution >= 4 is 60.9 Å². The Labute approximate surface area is 294 Å². The Balaban J connectivity index is 1.22. The number of rotatable bonds is 6. The van der Waals surface area contributed by atoms with Gasteiger partial charge in [-0.2, -0.15) is 0 Å². The molecule has 0 saturated carbocycles. The molecule has 0 amide bonds. The summed E-state index contributed by atoms with van der Waals surface area (Å²) in [5, 5.41) is 3.44. The number of anilines is 3. The van der Waals surface area contributed by atoms with Gasteiger partial charge in [0.25, 0.3) is 0 Å². The van der Waals surface area contributed by atoms with E-state index < -0.39 is 0 Å². The van der Waals surface area contributed by atoms with Crippen LogP contribution in [0.4, 0.5) is 17.1 Å². The lowest BCUT2D eigenvalue weighted by atomic mass is 9.99. The van der Waals surface area contributed by atoms with Gasteiger partial charge in [-0.15, -0.1) is 0 Å². The second-order valence-electron chi connectivity index (χ2n) is 12.7. The van der Waals surface area contributed by atoms with Crippen molar-refractivity contribution in [2.75, 3.05) is 4.90 Å². The van der Waals surface area contributed by atoms with Gasteiger partial charge < -0.3 is 13.9 Å². The molecule has 3 aromatic heterocycles. The zero-order valence-electron chi connectivity index (χ0n) is 27.5. The van der Waals surface area contributed by atoms with Crippen LogP contribution >= 0.6 is 0 Å². The summed E-state index contributed by atoms with van der Waals surface area (Å²) in [5.74, 6) is 0.550. The van der Waals surface area contributed by atoms with E-state index in [-0.39, 0.29) is 0 Å². The Kier molecular flexibility index (Phi) is 6.74. The lowest BCUT2D eigenvalue weighted by Crippen LogP contribution is -2.10. The average Bonchev–Trinajstić information content (AvgIpc) is 3.79. The molecule has 240 valence electrons. The van der Waals surface area contributed by atoms with Crippen LogP contribution in [0.25, 0.3) is 72.1 Å². The Morgan fingerprint density at radius 2 is 1.16 bits per heavy atom. The van der Waals surface area contributed by atoms with E-state index in [0.29, 0.717) is 11.5 Å². The Bertz CT molecular complexity index is 2820. The first-order valence-electron chi connectivity index (χ1n) is 17.1. The van der Waals surface area contributed by atoms with E-state index in [1.54, 1.807) is 6.20 Å². The first kappa shape index (κ1) is 29.0. The molecule has 0 bridgehead atoms. The normalized spacial score (nSPS) is 11.5. The number of para-hydroxylation sites is 4. The van der Waals surface area contributed by atoms with Gasteiger partial charge in [-0.05, 0) is 102 Å². The summed E-state index contributed by atoms with van der Waals surface area (Å²) in [4.78, 5) is 12.0. The summed E-state index contributed by atoms with van der Waals surface area (Å²) in [6.07, 6.45) is 1.80. The molecule has 0 radical (unpaired) electrons. The molecule has 10 rings (SSSR count). The van der Waals surface area contributed by atoms with E-state index >= 15 is 0 Å². The number of oxazole rings is 1. The molecule has 51 heavy (non-hydrogen) atoms. The summed E-state index contributed by atoms with van der Waals surface area (Å²) < 4.78 is 8.85. The summed E-state index contributed by atoms with van der Waals surface area (Å²) in [5.41, 5.74) is 11.9. The van der Waals surface area contributed by atoms with Gasteiger partial charge in [-0.1, -0.05) is 84.9 Å². The summed E-state index contributed by atoms with van der Waals surface area (Å²) >= 11 is 0. The van der Waals surface area contributed by atoms with Gasteiger partial charge in [0, 0.05) is 50.7 Å². The second kappa shape index (κ2) is 11.9. The SMILES string of the molecule is c1ccc(N(c2ccccc2)c2cc(-c3ccc4c(c3)c3ccccc3n4-c3ccccc3)cc(-c3nc4c(ccc5cccnc54)o3)c2)cc1. The molecular weight excluding hydrogens is 625 g/mol. The summed E-state index contributed by atoms with van der Waals surface area (Å²) in [7, 11) is 0. The van der Waals surface area contributed by atoms with Crippen LogP contribution in [0.1, 0.15) is 0 Å². The number of hydrogen-bond donors (Lipinski definition) is 0. The standard InChI is InChI=1S/C46H30N4O/c1-4-14-35(15-5-1)49(36-16-6-2-7-17-36)38-28-33(27-34(29-38)46-48-45-43(51-46)25-23-31-13-12-26-47-44(31)45)32-22-24-42-40(30-32)39-20-10-11-21-41(39)50(42)37-18-8-3-9-19-37/h1-30H. The van der Waals surface area contributed by atoms with Crippen LogP contribution in [0.15, 0.2) is 187 Å². The van der Waals surface area contributed by atoms with E-state index in [1.807, 2.05) is 30.3 Å². The predicted molar refractivity (Wildman–Crippen MR) is 209 cm³/mol. The Hall–Kier alpha value is -6.98. The molecule has 0 fully saturated rings. The van der Waals surface area contributed by atoms with Gasteiger partial charge in [-0.25, -0.2) is 4.98 Å². The molecule has 0 aliphatic carbocycles. The predicted octanol–water partition coefficient (Wildman–Crippen LogP) is 12.3. The zero-order valence-corrected chi connectivity index (χ0v) is 27.5. The Morgan fingerprint density at radius 1 is 0.471 bits per heavy atom. The molecule has 0 atom stereocenters. The van der Waals surface area contributed by atoms with Crippen molar-refractivity contribution in [3.8, 4) is 28.3 Å². The molecule has 0 saturated heterocycles. The second-order valence-corrected chi connectivity index (χ2v) is 12.7. The first-order chi connectivity index (χ1) is 25.3. The quantitative estimate of drug-likeness (QED) is 0.179. The van der Waals surface area contributed by atoms with Gasteiger partial charge in [-0.3, -0.25) is 4.98 Å². The van der Waals surface area contributed by atoms with Crippen LogP contribution in [0.3, 0.4) is 0 Å². The summed E-state index contributed by atoms with van der Waals surface area (Å²) in [6, 6.07) is 61.6. The largest absolute Gasteiger partial charge is 0.436 e. The molecule has 0 N–H and O–H groups in total. The van der Waals surface area contributed by atoms with E-state index in [9.17, 15) is 0 Å². The van der Waals surface area contributed by atoms with Crippen LogP contribution in [-0.2, 0) is 0 Å².